The van der Waals surface area contributed by atoms with Gasteiger partial charge in [0.2, 0.25) is 5.91 Å². The van der Waals surface area contributed by atoms with Gasteiger partial charge in [-0.3, -0.25) is 4.79 Å². The molecule has 11 heavy (non-hydrogen) atoms. The average Bonchev–Trinajstić information content (AvgIpc) is 1.97. The monoisotopic (exact) mass is 156 g/mol. The maximum absolute atomic E-state index is 10.4. The van der Waals surface area contributed by atoms with E-state index in [0.29, 0.717) is 0 Å². The van der Waals surface area contributed by atoms with E-state index in [9.17, 15) is 4.79 Å². The zero-order chi connectivity index (χ0) is 8.69. The van der Waals surface area contributed by atoms with Crippen LogP contribution in [0.5, 0.6) is 0 Å². The molecule has 0 unspecified atom stereocenters. The Hall–Kier alpha value is -0.860. The predicted octanol–water partition coefficient (Wildman–Crippen LogP) is 1.29. The van der Waals surface area contributed by atoms with Crippen LogP contribution in [-0.4, -0.2) is 30.7 Å². The Morgan fingerprint density at radius 1 is 1.64 bits per heavy atom. The number of hydrogen-bond donors (Lipinski definition) is 0. The molecule has 1 amide bonds. The van der Waals surface area contributed by atoms with Gasteiger partial charge in [0.05, 0.1) is 6.34 Å². The van der Waals surface area contributed by atoms with Crippen molar-refractivity contribution in [3.63, 3.8) is 0 Å². The molecule has 0 aliphatic heterocycles. The van der Waals surface area contributed by atoms with Gasteiger partial charge in [-0.1, -0.05) is 13.3 Å². The summed E-state index contributed by atoms with van der Waals surface area (Å²) in [5.74, 6) is -0.145. The highest BCUT2D eigenvalue weighted by molar-refractivity contribution is 5.82. The van der Waals surface area contributed by atoms with Gasteiger partial charge in [0, 0.05) is 20.5 Å². The van der Waals surface area contributed by atoms with E-state index in [-0.39, 0.29) is 5.91 Å². The first-order valence-electron chi connectivity index (χ1n) is 3.91. The fourth-order valence-corrected chi connectivity index (χ4v) is 0.645. The summed E-state index contributed by atoms with van der Waals surface area (Å²) in [5, 5.41) is 0. The quantitative estimate of drug-likeness (QED) is 0.454. The van der Waals surface area contributed by atoms with Crippen LogP contribution in [0.2, 0.25) is 0 Å². The Morgan fingerprint density at radius 3 is 2.73 bits per heavy atom. The van der Waals surface area contributed by atoms with Crippen molar-refractivity contribution in [2.24, 2.45) is 4.99 Å². The normalized spacial score (nSPS) is 10.5. The van der Waals surface area contributed by atoms with Crippen LogP contribution in [0.3, 0.4) is 0 Å². The topological polar surface area (TPSA) is 32.7 Å². The molecule has 0 aliphatic rings. The number of aliphatic imine (C=N–C) groups is 1. The van der Waals surface area contributed by atoms with Crippen LogP contribution in [0, 0.1) is 0 Å². The van der Waals surface area contributed by atoms with Gasteiger partial charge in [0.1, 0.15) is 0 Å². The maximum Gasteiger partial charge on any atom is 0.243 e. The maximum atomic E-state index is 10.4. The molecule has 0 rings (SSSR count). The predicted molar refractivity (Wildman–Crippen MR) is 46.7 cm³/mol. The van der Waals surface area contributed by atoms with E-state index >= 15 is 0 Å². The molecule has 0 aromatic carbocycles. The van der Waals surface area contributed by atoms with Gasteiger partial charge in [-0.05, 0) is 6.42 Å². The smallest absolute Gasteiger partial charge is 0.243 e. The molecular formula is C8H16N2O. The zero-order valence-electron chi connectivity index (χ0n) is 7.50. The molecular weight excluding hydrogens is 140 g/mol. The van der Waals surface area contributed by atoms with Crippen LogP contribution < -0.4 is 0 Å². The van der Waals surface area contributed by atoms with Gasteiger partial charge < -0.3 is 4.90 Å². The molecule has 0 saturated heterocycles. The Labute approximate surface area is 68.1 Å². The lowest BCUT2D eigenvalue weighted by Gasteiger charge is -2.10. The minimum atomic E-state index is -0.145. The van der Waals surface area contributed by atoms with Crippen LogP contribution in [0.15, 0.2) is 4.99 Å². The Kier molecular flexibility index (Phi) is 5.43. The summed E-state index contributed by atoms with van der Waals surface area (Å²) in [6, 6.07) is 0. The summed E-state index contributed by atoms with van der Waals surface area (Å²) in [7, 11) is 1.92. The third-order valence-electron chi connectivity index (χ3n) is 1.30. The largest absolute Gasteiger partial charge is 0.366 e. The molecule has 0 aromatic rings. The summed E-state index contributed by atoms with van der Waals surface area (Å²) in [6.45, 7) is 4.55. The van der Waals surface area contributed by atoms with Gasteiger partial charge in [-0.15, -0.1) is 0 Å². The fraction of sp³-hybridized carbons (Fsp3) is 0.750. The van der Waals surface area contributed by atoms with E-state index in [1.54, 1.807) is 6.34 Å². The van der Waals surface area contributed by atoms with Crippen molar-refractivity contribution in [2.45, 2.75) is 26.7 Å². The highest BCUT2D eigenvalue weighted by atomic mass is 16.1. The van der Waals surface area contributed by atoms with Crippen LogP contribution >= 0.6 is 0 Å². The summed E-state index contributed by atoms with van der Waals surface area (Å²) in [6.07, 6.45) is 3.89. The minimum absolute atomic E-state index is 0.145. The number of carbonyl (C=O) groups is 1. The van der Waals surface area contributed by atoms with Crippen molar-refractivity contribution in [1.29, 1.82) is 0 Å². The molecule has 3 nitrogen and oxygen atoms in total. The number of carbonyl (C=O) groups excluding carboxylic acids is 1. The zero-order valence-corrected chi connectivity index (χ0v) is 7.50. The van der Waals surface area contributed by atoms with Crippen molar-refractivity contribution < 1.29 is 4.79 Å². The molecule has 0 N–H and O–H groups in total. The molecule has 0 aromatic heterocycles. The molecule has 3 heteroatoms. The van der Waals surface area contributed by atoms with E-state index in [2.05, 4.69) is 11.9 Å². The lowest BCUT2D eigenvalue weighted by atomic mass is 10.3. The fourth-order valence-electron chi connectivity index (χ4n) is 0.645. The summed E-state index contributed by atoms with van der Waals surface area (Å²) >= 11 is 0. The van der Waals surface area contributed by atoms with E-state index < -0.39 is 0 Å². The van der Waals surface area contributed by atoms with Crippen LogP contribution in [-0.2, 0) is 4.79 Å². The lowest BCUT2D eigenvalue weighted by Crippen LogP contribution is -2.17. The van der Waals surface area contributed by atoms with Crippen molar-refractivity contribution in [3.05, 3.63) is 0 Å². The number of nitrogens with zero attached hydrogens (tertiary/aromatic N) is 2. The van der Waals surface area contributed by atoms with Crippen LogP contribution in [0.4, 0.5) is 0 Å². The Bertz CT molecular complexity index is 143. The highest BCUT2D eigenvalue weighted by Gasteiger charge is 1.90. The van der Waals surface area contributed by atoms with E-state index in [4.69, 9.17) is 0 Å². The van der Waals surface area contributed by atoms with Gasteiger partial charge in [-0.25, -0.2) is 4.99 Å². The van der Waals surface area contributed by atoms with Crippen molar-refractivity contribution >= 4 is 12.2 Å². The average molecular weight is 156 g/mol. The molecule has 0 heterocycles. The SMILES string of the molecule is CCCCN(C)/C=N/C(C)=O. The van der Waals surface area contributed by atoms with Crippen molar-refractivity contribution in [2.75, 3.05) is 13.6 Å². The second kappa shape index (κ2) is 5.89. The van der Waals surface area contributed by atoms with Crippen LogP contribution in [0.25, 0.3) is 0 Å². The first-order valence-corrected chi connectivity index (χ1v) is 3.91. The van der Waals surface area contributed by atoms with Crippen molar-refractivity contribution in [3.8, 4) is 0 Å². The number of hydrogen-bond acceptors (Lipinski definition) is 1. The van der Waals surface area contributed by atoms with E-state index in [1.165, 1.54) is 6.92 Å². The Balaban J connectivity index is 3.50. The minimum Gasteiger partial charge on any atom is -0.366 e. The summed E-state index contributed by atoms with van der Waals surface area (Å²) in [4.78, 5) is 16.0. The van der Waals surface area contributed by atoms with Gasteiger partial charge in [0.15, 0.2) is 0 Å². The van der Waals surface area contributed by atoms with E-state index in [1.807, 2.05) is 11.9 Å². The molecule has 0 aliphatic carbocycles. The molecule has 0 saturated carbocycles. The molecule has 0 bridgehead atoms. The van der Waals surface area contributed by atoms with E-state index in [0.717, 1.165) is 19.4 Å². The van der Waals surface area contributed by atoms with Gasteiger partial charge in [0.25, 0.3) is 0 Å². The molecule has 64 valence electrons. The van der Waals surface area contributed by atoms with Gasteiger partial charge >= 0.3 is 0 Å². The second-order valence-electron chi connectivity index (χ2n) is 2.60. The lowest BCUT2D eigenvalue weighted by molar-refractivity contribution is -0.115. The van der Waals surface area contributed by atoms with Crippen LogP contribution in [0.1, 0.15) is 26.7 Å². The first kappa shape index (κ1) is 10.1. The number of rotatable bonds is 4. The number of unbranched alkanes of at least 4 members (excludes halogenated alkanes) is 1. The number of amides is 1. The third-order valence-corrected chi connectivity index (χ3v) is 1.30. The standard InChI is InChI=1S/C8H16N2O/c1-4-5-6-10(3)7-9-8(2)11/h7H,4-6H2,1-3H3/b9-7+. The molecule has 0 spiro atoms. The Morgan fingerprint density at radius 2 is 2.27 bits per heavy atom. The summed E-state index contributed by atoms with van der Waals surface area (Å²) in [5.41, 5.74) is 0. The molecule has 0 radical (unpaired) electrons. The molecule has 0 fully saturated rings. The third kappa shape index (κ3) is 7.03. The first-order chi connectivity index (χ1) is 5.16. The molecule has 0 atom stereocenters. The summed E-state index contributed by atoms with van der Waals surface area (Å²) < 4.78 is 0. The van der Waals surface area contributed by atoms with Crippen molar-refractivity contribution in [1.82, 2.24) is 4.90 Å². The second-order valence-corrected chi connectivity index (χ2v) is 2.60. The van der Waals surface area contributed by atoms with Gasteiger partial charge in [-0.2, -0.15) is 0 Å². The highest BCUT2D eigenvalue weighted by Crippen LogP contribution is 1.88.